The van der Waals surface area contributed by atoms with Crippen LogP contribution in [-0.2, 0) is 15.0 Å². The predicted molar refractivity (Wildman–Crippen MR) is 103 cm³/mol. The Hall–Kier alpha value is -2.46. The number of rotatable bonds is 5. The van der Waals surface area contributed by atoms with E-state index < -0.39 is 46.5 Å². The summed E-state index contributed by atoms with van der Waals surface area (Å²) in [6.07, 6.45) is -0.803. The molecule has 0 spiro atoms. The van der Waals surface area contributed by atoms with Gasteiger partial charge in [-0.1, -0.05) is 18.5 Å². The third-order valence-corrected chi connectivity index (χ3v) is 5.67. The van der Waals surface area contributed by atoms with E-state index in [0.717, 1.165) is 10.9 Å². The number of carbonyl (C=O) groups is 2. The highest BCUT2D eigenvalue weighted by Gasteiger charge is 2.62. The minimum Gasteiger partial charge on any atom is -0.317 e. The summed E-state index contributed by atoms with van der Waals surface area (Å²) in [6, 6.07) is 3.17. The van der Waals surface area contributed by atoms with E-state index >= 15 is 0 Å². The lowest BCUT2D eigenvalue weighted by Gasteiger charge is -2.33. The lowest BCUT2D eigenvalue weighted by molar-refractivity contribution is -0.196. The molecule has 3 heterocycles. The van der Waals surface area contributed by atoms with Crippen LogP contribution in [0.1, 0.15) is 31.7 Å². The Balaban J connectivity index is 1.99. The van der Waals surface area contributed by atoms with Gasteiger partial charge >= 0.3 is 6.18 Å². The lowest BCUT2D eigenvalue weighted by Crippen LogP contribution is -2.56. The fourth-order valence-corrected chi connectivity index (χ4v) is 3.91. The molecule has 0 bridgehead atoms. The number of nitrogens with one attached hydrogen (secondary N) is 2. The van der Waals surface area contributed by atoms with Crippen LogP contribution in [0.25, 0.3) is 5.69 Å². The highest BCUT2D eigenvalue weighted by atomic mass is 35.5. The van der Waals surface area contributed by atoms with Gasteiger partial charge in [0.1, 0.15) is 0 Å². The van der Waals surface area contributed by atoms with E-state index in [1.165, 1.54) is 19.3 Å². The summed E-state index contributed by atoms with van der Waals surface area (Å²) in [7, 11) is 0. The normalized spacial score (nSPS) is 17.4. The number of imide groups is 1. The number of hydrogen-bond donors (Lipinski definition) is 2. The number of nitrogens with zero attached hydrogens (tertiary/aromatic N) is 3. The van der Waals surface area contributed by atoms with Crippen LogP contribution in [0.15, 0.2) is 30.7 Å². The maximum atomic E-state index is 14.3. The number of amides is 2. The Bertz CT molecular complexity index is 913. The number of aromatic nitrogens is 3. The van der Waals surface area contributed by atoms with E-state index in [0.29, 0.717) is 31.6 Å². The summed E-state index contributed by atoms with van der Waals surface area (Å²) in [5.74, 6) is -2.68. The molecule has 3 rings (SSSR count). The van der Waals surface area contributed by atoms with E-state index in [9.17, 15) is 22.8 Å². The van der Waals surface area contributed by atoms with E-state index in [1.807, 2.05) is 5.32 Å². The van der Waals surface area contributed by atoms with Gasteiger partial charge in [-0.3, -0.25) is 19.9 Å². The zero-order valence-electron chi connectivity index (χ0n) is 16.2. The van der Waals surface area contributed by atoms with E-state index in [1.54, 1.807) is 12.1 Å². The molecule has 1 saturated heterocycles. The summed E-state index contributed by atoms with van der Waals surface area (Å²) in [4.78, 5) is 29.3. The molecule has 7 nitrogen and oxygen atoms in total. The van der Waals surface area contributed by atoms with Crippen molar-refractivity contribution in [2.75, 3.05) is 13.1 Å². The lowest BCUT2D eigenvalue weighted by atomic mass is 9.77. The van der Waals surface area contributed by atoms with Gasteiger partial charge in [-0.05, 0) is 44.5 Å². The molecule has 1 fully saturated rings. The fourth-order valence-electron chi connectivity index (χ4n) is 3.62. The second-order valence-corrected chi connectivity index (χ2v) is 7.45. The van der Waals surface area contributed by atoms with Crippen LogP contribution >= 0.6 is 11.6 Å². The van der Waals surface area contributed by atoms with Crippen LogP contribution in [0, 0.1) is 5.92 Å². The molecule has 1 atom stereocenters. The molecule has 2 aromatic rings. The van der Waals surface area contributed by atoms with Crippen molar-refractivity contribution < 1.29 is 22.8 Å². The summed E-state index contributed by atoms with van der Waals surface area (Å²) in [6.45, 7) is 2.35. The van der Waals surface area contributed by atoms with Gasteiger partial charge in [0.15, 0.2) is 10.6 Å². The highest BCUT2D eigenvalue weighted by Crippen LogP contribution is 2.46. The van der Waals surface area contributed by atoms with Crippen molar-refractivity contribution in [3.05, 3.63) is 41.4 Å². The highest BCUT2D eigenvalue weighted by molar-refractivity contribution is 6.30. The average Bonchev–Trinajstić information content (AvgIpc) is 3.11. The van der Waals surface area contributed by atoms with Crippen LogP contribution in [0.5, 0.6) is 0 Å². The predicted octanol–water partition coefficient (Wildman–Crippen LogP) is 2.77. The Morgan fingerprint density at radius 3 is 2.60 bits per heavy atom. The summed E-state index contributed by atoms with van der Waals surface area (Å²) in [5.41, 5.74) is -3.16. The van der Waals surface area contributed by atoms with Gasteiger partial charge in [-0.25, -0.2) is 4.68 Å². The van der Waals surface area contributed by atoms with Gasteiger partial charge in [-0.2, -0.15) is 18.3 Å². The molecule has 11 heteroatoms. The minimum absolute atomic E-state index is 0.379. The van der Waals surface area contributed by atoms with Gasteiger partial charge in [0.25, 0.3) is 0 Å². The standard InChI is InChI=1S/C19H21ClF3N5O2/c1-2-18(19(21,22)23,17(30)26-16(29)12-5-8-24-9-6-12)14-11-28(27-15(14)20)13-4-3-7-25-10-13/h3-4,7,10-12,24H,2,5-6,8-9H2,1H3,(H,26,29,30). The fraction of sp³-hybridized carbons (Fsp3) is 0.474. The Morgan fingerprint density at radius 2 is 2.03 bits per heavy atom. The summed E-state index contributed by atoms with van der Waals surface area (Å²) < 4.78 is 44.0. The Labute approximate surface area is 176 Å². The van der Waals surface area contributed by atoms with Gasteiger partial charge in [0.2, 0.25) is 11.8 Å². The van der Waals surface area contributed by atoms with Crippen molar-refractivity contribution in [1.29, 1.82) is 0 Å². The molecule has 0 aromatic carbocycles. The van der Waals surface area contributed by atoms with Crippen LogP contribution in [0.3, 0.4) is 0 Å². The second kappa shape index (κ2) is 8.73. The molecule has 30 heavy (non-hydrogen) atoms. The smallest absolute Gasteiger partial charge is 0.317 e. The first-order valence-corrected chi connectivity index (χ1v) is 9.87. The van der Waals surface area contributed by atoms with Crippen molar-refractivity contribution in [3.8, 4) is 5.69 Å². The molecular formula is C19H21ClF3N5O2. The average molecular weight is 444 g/mol. The molecule has 162 valence electrons. The first-order valence-electron chi connectivity index (χ1n) is 9.49. The van der Waals surface area contributed by atoms with E-state index in [2.05, 4.69) is 15.4 Å². The maximum Gasteiger partial charge on any atom is 0.407 e. The molecule has 2 N–H and O–H groups in total. The molecular weight excluding hydrogens is 423 g/mol. The molecule has 1 unspecified atom stereocenters. The van der Waals surface area contributed by atoms with Gasteiger partial charge in [0, 0.05) is 23.9 Å². The third kappa shape index (κ3) is 4.06. The van der Waals surface area contributed by atoms with E-state index in [4.69, 9.17) is 11.6 Å². The van der Waals surface area contributed by atoms with Crippen LogP contribution in [0.2, 0.25) is 5.15 Å². The van der Waals surface area contributed by atoms with Crippen molar-refractivity contribution in [2.45, 2.75) is 37.8 Å². The van der Waals surface area contributed by atoms with Gasteiger partial charge in [0.05, 0.1) is 11.9 Å². The molecule has 1 aliphatic heterocycles. The third-order valence-electron chi connectivity index (χ3n) is 5.39. The Kier molecular flexibility index (Phi) is 6.47. The van der Waals surface area contributed by atoms with Gasteiger partial charge in [-0.15, -0.1) is 0 Å². The molecule has 2 aromatic heterocycles. The summed E-state index contributed by atoms with van der Waals surface area (Å²) in [5, 5.41) is 8.51. The van der Waals surface area contributed by atoms with Crippen molar-refractivity contribution in [2.24, 2.45) is 5.92 Å². The molecule has 0 aliphatic carbocycles. The number of carbonyl (C=O) groups excluding carboxylic acids is 2. The quantitative estimate of drug-likeness (QED) is 0.741. The topological polar surface area (TPSA) is 88.9 Å². The van der Waals surface area contributed by atoms with Gasteiger partial charge < -0.3 is 5.32 Å². The van der Waals surface area contributed by atoms with Crippen LogP contribution in [0.4, 0.5) is 13.2 Å². The zero-order chi connectivity index (χ0) is 21.9. The number of hydrogen-bond acceptors (Lipinski definition) is 5. The molecule has 0 saturated carbocycles. The second-order valence-electron chi connectivity index (χ2n) is 7.09. The van der Waals surface area contributed by atoms with Crippen molar-refractivity contribution in [3.63, 3.8) is 0 Å². The number of pyridine rings is 1. The minimum atomic E-state index is -5.01. The van der Waals surface area contributed by atoms with Crippen LogP contribution < -0.4 is 10.6 Å². The van der Waals surface area contributed by atoms with Crippen LogP contribution in [-0.4, -0.2) is 45.8 Å². The number of piperidine rings is 1. The summed E-state index contributed by atoms with van der Waals surface area (Å²) >= 11 is 6.07. The number of halogens is 4. The maximum absolute atomic E-state index is 14.3. The monoisotopic (exact) mass is 443 g/mol. The van der Waals surface area contributed by atoms with E-state index in [-0.39, 0.29) is 0 Å². The SMILES string of the molecule is CCC(C(=O)NC(=O)C1CCNCC1)(c1cn(-c2cccnc2)nc1Cl)C(F)(F)F. The molecule has 1 aliphatic rings. The molecule has 2 amide bonds. The number of alkyl halides is 3. The first kappa shape index (κ1) is 22.2. The first-order chi connectivity index (χ1) is 14.2. The Morgan fingerprint density at radius 1 is 1.33 bits per heavy atom. The van der Waals surface area contributed by atoms with Crippen molar-refractivity contribution in [1.82, 2.24) is 25.4 Å². The van der Waals surface area contributed by atoms with Crippen molar-refractivity contribution >= 4 is 23.4 Å². The molecule has 0 radical (unpaired) electrons. The largest absolute Gasteiger partial charge is 0.407 e. The zero-order valence-corrected chi connectivity index (χ0v) is 16.9.